The van der Waals surface area contributed by atoms with E-state index in [1.807, 2.05) is 24.3 Å². The standard InChI is InChI=1S/C17H12N2O2/c20-11-13-5-1-2-8-14(13)17(21)19-15-9-3-6-12-7-4-10-18-16(12)15/h1-11H,(H,19,21). The van der Waals surface area contributed by atoms with Gasteiger partial charge in [-0.05, 0) is 18.2 Å². The van der Waals surface area contributed by atoms with Crippen molar-refractivity contribution < 1.29 is 9.59 Å². The van der Waals surface area contributed by atoms with Crippen molar-refractivity contribution in [2.75, 3.05) is 5.32 Å². The van der Waals surface area contributed by atoms with E-state index in [9.17, 15) is 9.59 Å². The molecule has 0 unspecified atom stereocenters. The van der Waals surface area contributed by atoms with E-state index < -0.39 is 0 Å². The predicted molar refractivity (Wildman–Crippen MR) is 81.5 cm³/mol. The summed E-state index contributed by atoms with van der Waals surface area (Å²) in [6.45, 7) is 0. The summed E-state index contributed by atoms with van der Waals surface area (Å²) in [5, 5.41) is 3.76. The van der Waals surface area contributed by atoms with Crippen LogP contribution in [0.15, 0.2) is 60.8 Å². The van der Waals surface area contributed by atoms with E-state index in [0.717, 1.165) is 10.9 Å². The fourth-order valence-corrected chi connectivity index (χ4v) is 2.20. The Bertz CT molecular complexity index is 822. The number of carbonyl (C=O) groups excluding carboxylic acids is 2. The lowest BCUT2D eigenvalue weighted by molar-refractivity contribution is 0.101. The molecule has 0 bridgehead atoms. The third kappa shape index (κ3) is 2.51. The highest BCUT2D eigenvalue weighted by atomic mass is 16.1. The lowest BCUT2D eigenvalue weighted by atomic mass is 10.1. The second-order valence-corrected chi connectivity index (χ2v) is 4.54. The molecule has 1 heterocycles. The number of carbonyl (C=O) groups is 2. The van der Waals surface area contributed by atoms with E-state index in [2.05, 4.69) is 10.3 Å². The minimum Gasteiger partial charge on any atom is -0.320 e. The first-order valence-electron chi connectivity index (χ1n) is 6.49. The van der Waals surface area contributed by atoms with Crippen molar-refractivity contribution in [1.82, 2.24) is 4.98 Å². The number of nitrogens with zero attached hydrogens (tertiary/aromatic N) is 1. The van der Waals surface area contributed by atoms with Gasteiger partial charge in [0.2, 0.25) is 0 Å². The number of aldehydes is 1. The van der Waals surface area contributed by atoms with Gasteiger partial charge in [-0.15, -0.1) is 0 Å². The maximum absolute atomic E-state index is 12.3. The Morgan fingerprint density at radius 1 is 1.00 bits per heavy atom. The highest BCUT2D eigenvalue weighted by Crippen LogP contribution is 2.21. The molecule has 0 aliphatic rings. The maximum atomic E-state index is 12.3. The molecule has 0 fully saturated rings. The molecule has 102 valence electrons. The lowest BCUT2D eigenvalue weighted by Gasteiger charge is -2.09. The fourth-order valence-electron chi connectivity index (χ4n) is 2.20. The second-order valence-electron chi connectivity index (χ2n) is 4.54. The van der Waals surface area contributed by atoms with E-state index in [4.69, 9.17) is 0 Å². The molecular weight excluding hydrogens is 264 g/mol. The molecule has 1 aromatic heterocycles. The molecular formula is C17H12N2O2. The maximum Gasteiger partial charge on any atom is 0.256 e. The molecule has 0 aliphatic heterocycles. The average Bonchev–Trinajstić information content (AvgIpc) is 2.55. The van der Waals surface area contributed by atoms with E-state index in [-0.39, 0.29) is 5.91 Å². The molecule has 0 saturated heterocycles. The molecule has 3 rings (SSSR count). The molecule has 0 atom stereocenters. The highest BCUT2D eigenvalue weighted by Gasteiger charge is 2.12. The van der Waals surface area contributed by atoms with Crippen molar-refractivity contribution in [2.45, 2.75) is 0 Å². The monoisotopic (exact) mass is 276 g/mol. The highest BCUT2D eigenvalue weighted by molar-refractivity contribution is 6.11. The van der Waals surface area contributed by atoms with Crippen molar-refractivity contribution >= 4 is 28.8 Å². The quantitative estimate of drug-likeness (QED) is 0.747. The van der Waals surface area contributed by atoms with Gasteiger partial charge in [0.1, 0.15) is 0 Å². The van der Waals surface area contributed by atoms with Crippen LogP contribution in [0, 0.1) is 0 Å². The number of hydrogen-bond acceptors (Lipinski definition) is 3. The third-order valence-corrected chi connectivity index (χ3v) is 3.21. The van der Waals surface area contributed by atoms with Gasteiger partial charge in [0.15, 0.2) is 6.29 Å². The molecule has 4 heteroatoms. The van der Waals surface area contributed by atoms with Crippen molar-refractivity contribution in [2.24, 2.45) is 0 Å². The van der Waals surface area contributed by atoms with Gasteiger partial charge in [0, 0.05) is 17.1 Å². The second kappa shape index (κ2) is 5.54. The van der Waals surface area contributed by atoms with E-state index >= 15 is 0 Å². The third-order valence-electron chi connectivity index (χ3n) is 3.21. The zero-order chi connectivity index (χ0) is 14.7. The summed E-state index contributed by atoms with van der Waals surface area (Å²) in [4.78, 5) is 27.6. The summed E-state index contributed by atoms with van der Waals surface area (Å²) in [6, 6.07) is 16.0. The molecule has 0 saturated carbocycles. The summed E-state index contributed by atoms with van der Waals surface area (Å²) >= 11 is 0. The molecule has 4 nitrogen and oxygen atoms in total. The number of aromatic nitrogens is 1. The summed E-state index contributed by atoms with van der Waals surface area (Å²) in [6.07, 6.45) is 2.35. The Hall–Kier alpha value is -3.01. The molecule has 0 aliphatic carbocycles. The van der Waals surface area contributed by atoms with Gasteiger partial charge in [-0.1, -0.05) is 36.4 Å². The van der Waals surface area contributed by atoms with Crippen LogP contribution in [0.2, 0.25) is 0 Å². The number of anilines is 1. The topological polar surface area (TPSA) is 59.1 Å². The molecule has 0 radical (unpaired) electrons. The van der Waals surface area contributed by atoms with Gasteiger partial charge in [0.25, 0.3) is 5.91 Å². The number of fused-ring (bicyclic) bond motifs is 1. The number of hydrogen-bond donors (Lipinski definition) is 1. The Balaban J connectivity index is 1.99. The first kappa shape index (κ1) is 13.0. The van der Waals surface area contributed by atoms with Crippen molar-refractivity contribution in [3.63, 3.8) is 0 Å². The van der Waals surface area contributed by atoms with E-state index in [1.165, 1.54) is 0 Å². The molecule has 21 heavy (non-hydrogen) atoms. The largest absolute Gasteiger partial charge is 0.320 e. The van der Waals surface area contributed by atoms with Crippen LogP contribution in [-0.2, 0) is 0 Å². The zero-order valence-electron chi connectivity index (χ0n) is 11.1. The van der Waals surface area contributed by atoms with Gasteiger partial charge in [-0.3, -0.25) is 14.6 Å². The summed E-state index contributed by atoms with van der Waals surface area (Å²) in [7, 11) is 0. The van der Waals surface area contributed by atoms with Crippen LogP contribution in [-0.4, -0.2) is 17.2 Å². The predicted octanol–water partition coefficient (Wildman–Crippen LogP) is 3.30. The number of benzene rings is 2. The smallest absolute Gasteiger partial charge is 0.256 e. The van der Waals surface area contributed by atoms with Crippen LogP contribution in [0.25, 0.3) is 10.9 Å². The first-order valence-corrected chi connectivity index (χ1v) is 6.49. The minimum atomic E-state index is -0.323. The van der Waals surface area contributed by atoms with Gasteiger partial charge in [-0.2, -0.15) is 0 Å². The van der Waals surface area contributed by atoms with Crippen molar-refractivity contribution in [1.29, 1.82) is 0 Å². The minimum absolute atomic E-state index is 0.323. The Labute approximate surface area is 121 Å². The van der Waals surface area contributed by atoms with Crippen LogP contribution < -0.4 is 5.32 Å². The molecule has 1 N–H and O–H groups in total. The van der Waals surface area contributed by atoms with Crippen LogP contribution in [0.1, 0.15) is 20.7 Å². The number of amides is 1. The van der Waals surface area contributed by atoms with Gasteiger partial charge >= 0.3 is 0 Å². The summed E-state index contributed by atoms with van der Waals surface area (Å²) in [5.41, 5.74) is 2.05. The van der Waals surface area contributed by atoms with Crippen molar-refractivity contribution in [3.8, 4) is 0 Å². The van der Waals surface area contributed by atoms with Gasteiger partial charge < -0.3 is 5.32 Å². The van der Waals surface area contributed by atoms with Gasteiger partial charge in [-0.25, -0.2) is 0 Å². The Kier molecular flexibility index (Phi) is 3.43. The van der Waals surface area contributed by atoms with Crippen LogP contribution in [0.3, 0.4) is 0 Å². The van der Waals surface area contributed by atoms with Crippen molar-refractivity contribution in [3.05, 3.63) is 71.9 Å². The average molecular weight is 276 g/mol. The molecule has 3 aromatic rings. The summed E-state index contributed by atoms with van der Waals surface area (Å²) < 4.78 is 0. The van der Waals surface area contributed by atoms with Crippen LogP contribution in [0.5, 0.6) is 0 Å². The number of nitrogens with one attached hydrogen (secondary N) is 1. The molecule has 1 amide bonds. The van der Waals surface area contributed by atoms with Crippen LogP contribution in [0.4, 0.5) is 5.69 Å². The SMILES string of the molecule is O=Cc1ccccc1C(=O)Nc1cccc2cccnc12. The summed E-state index contributed by atoms with van der Waals surface area (Å²) in [5.74, 6) is -0.323. The first-order chi connectivity index (χ1) is 10.3. The Morgan fingerprint density at radius 2 is 1.81 bits per heavy atom. The van der Waals surface area contributed by atoms with Crippen LogP contribution >= 0.6 is 0 Å². The van der Waals surface area contributed by atoms with E-state index in [1.54, 1.807) is 36.5 Å². The zero-order valence-corrected chi connectivity index (χ0v) is 11.1. The number of rotatable bonds is 3. The molecule has 0 spiro atoms. The molecule has 2 aromatic carbocycles. The lowest BCUT2D eigenvalue weighted by Crippen LogP contribution is -2.14. The van der Waals surface area contributed by atoms with Gasteiger partial charge in [0.05, 0.1) is 16.8 Å². The fraction of sp³-hybridized carbons (Fsp3) is 0. The number of para-hydroxylation sites is 1. The normalized spacial score (nSPS) is 10.3. The Morgan fingerprint density at radius 3 is 2.67 bits per heavy atom. The van der Waals surface area contributed by atoms with E-state index in [0.29, 0.717) is 23.1 Å². The number of pyridine rings is 1.